The Balaban J connectivity index is 2.46. The fourth-order valence-electron chi connectivity index (χ4n) is 1.49. The average Bonchev–Trinajstić information content (AvgIpc) is 2.33. The summed E-state index contributed by atoms with van der Waals surface area (Å²) in [5.74, 6) is 1.59. The van der Waals surface area contributed by atoms with Gasteiger partial charge in [-0.25, -0.2) is 9.97 Å². The van der Waals surface area contributed by atoms with Crippen molar-refractivity contribution >= 4 is 28.4 Å². The molecular formula is C12H13IN4. The highest BCUT2D eigenvalue weighted by Gasteiger charge is 2.08. The first-order valence-electron chi connectivity index (χ1n) is 5.39. The summed E-state index contributed by atoms with van der Waals surface area (Å²) in [5, 5.41) is 3.23. The number of hydrogen-bond donors (Lipinski definition) is 1. The van der Waals surface area contributed by atoms with Gasteiger partial charge in [0.2, 0.25) is 0 Å². The third kappa shape index (κ3) is 2.71. The van der Waals surface area contributed by atoms with Crippen molar-refractivity contribution in [2.45, 2.75) is 13.8 Å². The van der Waals surface area contributed by atoms with Gasteiger partial charge in [-0.1, -0.05) is 0 Å². The lowest BCUT2D eigenvalue weighted by atomic mass is 10.1. The Kier molecular flexibility index (Phi) is 3.88. The smallest absolute Gasteiger partial charge is 0.163 e. The van der Waals surface area contributed by atoms with Crippen molar-refractivity contribution in [3.8, 4) is 11.4 Å². The van der Waals surface area contributed by atoms with E-state index in [9.17, 15) is 0 Å². The van der Waals surface area contributed by atoms with Gasteiger partial charge in [-0.2, -0.15) is 0 Å². The van der Waals surface area contributed by atoms with Crippen molar-refractivity contribution in [3.63, 3.8) is 0 Å². The molecule has 0 aliphatic heterocycles. The summed E-state index contributed by atoms with van der Waals surface area (Å²) in [7, 11) is 0. The molecule has 5 heteroatoms. The van der Waals surface area contributed by atoms with Gasteiger partial charge < -0.3 is 5.32 Å². The maximum atomic E-state index is 4.52. The zero-order valence-electron chi connectivity index (χ0n) is 9.74. The number of aryl methyl sites for hydroxylation is 1. The van der Waals surface area contributed by atoms with E-state index in [1.807, 2.05) is 26.1 Å². The van der Waals surface area contributed by atoms with E-state index in [2.05, 4.69) is 42.9 Å². The summed E-state index contributed by atoms with van der Waals surface area (Å²) in [5.41, 5.74) is 2.10. The summed E-state index contributed by atoms with van der Waals surface area (Å²) < 4.78 is 1.02. The minimum Gasteiger partial charge on any atom is -0.369 e. The van der Waals surface area contributed by atoms with Crippen LogP contribution in [-0.2, 0) is 0 Å². The normalized spacial score (nSPS) is 10.3. The van der Waals surface area contributed by atoms with Crippen molar-refractivity contribution in [3.05, 3.63) is 33.8 Å². The van der Waals surface area contributed by atoms with Gasteiger partial charge in [-0.15, -0.1) is 0 Å². The molecule has 2 aromatic rings. The molecule has 2 aromatic heterocycles. The molecule has 0 amide bonds. The number of pyridine rings is 1. The van der Waals surface area contributed by atoms with Gasteiger partial charge in [0.15, 0.2) is 5.82 Å². The van der Waals surface area contributed by atoms with Crippen LogP contribution in [0.25, 0.3) is 11.4 Å². The van der Waals surface area contributed by atoms with Crippen LogP contribution in [0.3, 0.4) is 0 Å². The van der Waals surface area contributed by atoms with Gasteiger partial charge in [0.25, 0.3) is 0 Å². The molecule has 0 aliphatic carbocycles. The third-order valence-corrected chi connectivity index (χ3v) is 3.16. The van der Waals surface area contributed by atoms with Gasteiger partial charge >= 0.3 is 0 Å². The second-order valence-corrected chi connectivity index (χ2v) is 4.77. The number of aromatic nitrogens is 3. The molecule has 1 N–H and O–H groups in total. The fraction of sp³-hybridized carbons (Fsp3) is 0.250. The molecule has 0 saturated carbocycles. The molecule has 2 rings (SSSR count). The zero-order chi connectivity index (χ0) is 12.3. The average molecular weight is 340 g/mol. The lowest BCUT2D eigenvalue weighted by molar-refractivity contribution is 1.09. The van der Waals surface area contributed by atoms with Crippen molar-refractivity contribution in [1.29, 1.82) is 0 Å². The summed E-state index contributed by atoms with van der Waals surface area (Å²) in [6.07, 6.45) is 5.40. The second-order valence-electron chi connectivity index (χ2n) is 3.61. The van der Waals surface area contributed by atoms with Crippen molar-refractivity contribution in [2.75, 3.05) is 11.9 Å². The van der Waals surface area contributed by atoms with Crippen molar-refractivity contribution in [2.24, 2.45) is 0 Å². The molecule has 88 valence electrons. The predicted molar refractivity (Wildman–Crippen MR) is 76.9 cm³/mol. The van der Waals surface area contributed by atoms with Crippen molar-refractivity contribution in [1.82, 2.24) is 15.0 Å². The van der Waals surface area contributed by atoms with E-state index in [0.717, 1.165) is 27.1 Å². The van der Waals surface area contributed by atoms with E-state index < -0.39 is 0 Å². The maximum Gasteiger partial charge on any atom is 0.163 e. The molecule has 0 atom stereocenters. The van der Waals surface area contributed by atoms with Gasteiger partial charge in [0, 0.05) is 30.7 Å². The Morgan fingerprint density at radius 1 is 1.35 bits per heavy atom. The summed E-state index contributed by atoms with van der Waals surface area (Å²) in [4.78, 5) is 13.0. The van der Waals surface area contributed by atoms with Crippen LogP contribution in [0.15, 0.2) is 24.7 Å². The van der Waals surface area contributed by atoms with Crippen LogP contribution >= 0.6 is 22.6 Å². The van der Waals surface area contributed by atoms with E-state index in [4.69, 9.17) is 0 Å². The predicted octanol–water partition coefficient (Wildman–Crippen LogP) is 2.88. The molecule has 0 bridgehead atoms. The molecule has 0 aromatic carbocycles. The van der Waals surface area contributed by atoms with Crippen LogP contribution in [0.1, 0.15) is 12.5 Å². The summed E-state index contributed by atoms with van der Waals surface area (Å²) in [6, 6.07) is 1.96. The molecule has 0 spiro atoms. The van der Waals surface area contributed by atoms with Crippen LogP contribution in [0.5, 0.6) is 0 Å². The molecule has 17 heavy (non-hydrogen) atoms. The number of halogens is 1. The number of nitrogens with one attached hydrogen (secondary N) is 1. The molecular weight excluding hydrogens is 327 g/mol. The van der Waals surface area contributed by atoms with Gasteiger partial charge in [0.05, 0.1) is 3.57 Å². The Bertz CT molecular complexity index is 528. The molecule has 2 heterocycles. The van der Waals surface area contributed by atoms with Crippen LogP contribution in [-0.4, -0.2) is 21.5 Å². The second kappa shape index (κ2) is 5.39. The van der Waals surface area contributed by atoms with Crippen LogP contribution < -0.4 is 5.32 Å². The zero-order valence-corrected chi connectivity index (χ0v) is 11.9. The number of rotatable bonds is 3. The van der Waals surface area contributed by atoms with Gasteiger partial charge in [-0.05, 0) is 48.1 Å². The maximum absolute atomic E-state index is 4.52. The number of anilines is 1. The van der Waals surface area contributed by atoms with Crippen LogP contribution in [0.4, 0.5) is 5.82 Å². The first-order chi connectivity index (χ1) is 8.22. The molecule has 0 fully saturated rings. The fourth-order valence-corrected chi connectivity index (χ4v) is 1.94. The Hall–Kier alpha value is -1.24. The number of nitrogens with zero attached hydrogens (tertiary/aromatic N) is 3. The molecule has 0 saturated heterocycles. The Morgan fingerprint density at radius 2 is 2.18 bits per heavy atom. The highest BCUT2D eigenvalue weighted by atomic mass is 127. The van der Waals surface area contributed by atoms with Gasteiger partial charge in [0.1, 0.15) is 5.82 Å². The monoisotopic (exact) mass is 340 g/mol. The van der Waals surface area contributed by atoms with E-state index >= 15 is 0 Å². The van der Waals surface area contributed by atoms with Crippen molar-refractivity contribution < 1.29 is 0 Å². The third-order valence-electron chi connectivity index (χ3n) is 2.37. The largest absolute Gasteiger partial charge is 0.369 e. The first-order valence-corrected chi connectivity index (χ1v) is 6.47. The van der Waals surface area contributed by atoms with E-state index in [-0.39, 0.29) is 0 Å². The molecule has 0 aliphatic rings. The van der Waals surface area contributed by atoms with Gasteiger partial charge in [-0.3, -0.25) is 4.98 Å². The minimum absolute atomic E-state index is 0.715. The Labute approximate surface area is 114 Å². The standard InChI is InChI=1S/C12H13IN4/c1-3-15-12-10(13)7-16-11(17-12)9-6-14-5-4-8(9)2/h4-7H,3H2,1-2H3,(H,15,16,17). The van der Waals surface area contributed by atoms with E-state index in [1.165, 1.54) is 0 Å². The van der Waals surface area contributed by atoms with Crippen LogP contribution in [0.2, 0.25) is 0 Å². The van der Waals surface area contributed by atoms with E-state index in [0.29, 0.717) is 5.82 Å². The highest BCUT2D eigenvalue weighted by Crippen LogP contribution is 2.22. The lowest BCUT2D eigenvalue weighted by Gasteiger charge is -2.08. The Morgan fingerprint density at radius 3 is 2.88 bits per heavy atom. The molecule has 0 unspecified atom stereocenters. The van der Waals surface area contributed by atoms with Crippen LogP contribution in [0, 0.1) is 10.5 Å². The quantitative estimate of drug-likeness (QED) is 0.873. The molecule has 4 nitrogen and oxygen atoms in total. The summed E-state index contributed by atoms with van der Waals surface area (Å²) in [6.45, 7) is 4.93. The van der Waals surface area contributed by atoms with E-state index in [1.54, 1.807) is 12.4 Å². The minimum atomic E-state index is 0.715. The molecule has 0 radical (unpaired) electrons. The lowest BCUT2D eigenvalue weighted by Crippen LogP contribution is -2.04. The topological polar surface area (TPSA) is 50.7 Å². The summed E-state index contributed by atoms with van der Waals surface area (Å²) >= 11 is 2.23. The SMILES string of the molecule is CCNc1nc(-c2cnccc2C)ncc1I. The highest BCUT2D eigenvalue weighted by molar-refractivity contribution is 14.1. The first kappa shape index (κ1) is 12.2. The number of hydrogen-bond acceptors (Lipinski definition) is 4.